The molecule has 0 fully saturated rings. The van der Waals surface area contributed by atoms with E-state index in [0.29, 0.717) is 10.6 Å². The molecule has 2 atom stereocenters. The molecule has 1 aromatic rings. The minimum atomic E-state index is -0.938. The van der Waals surface area contributed by atoms with Crippen LogP contribution in [0.2, 0.25) is 0 Å². The van der Waals surface area contributed by atoms with Crippen LogP contribution >= 0.6 is 11.5 Å². The predicted molar refractivity (Wildman–Crippen MR) is 58.4 cm³/mol. The van der Waals surface area contributed by atoms with Crippen LogP contribution in [0.15, 0.2) is 0 Å². The number of carbonyl (C=O) groups excluding carboxylic acids is 1. The van der Waals surface area contributed by atoms with Crippen LogP contribution in [0.3, 0.4) is 0 Å². The Bertz CT molecular complexity index is 404. The van der Waals surface area contributed by atoms with Crippen molar-refractivity contribution in [2.45, 2.75) is 26.8 Å². The summed E-state index contributed by atoms with van der Waals surface area (Å²) >= 11 is 0.999. The van der Waals surface area contributed by atoms with Gasteiger partial charge in [0.15, 0.2) is 0 Å². The van der Waals surface area contributed by atoms with E-state index >= 15 is 0 Å². The molecule has 0 aliphatic carbocycles. The molecule has 2 N–H and O–H groups in total. The zero-order valence-corrected chi connectivity index (χ0v) is 10.0. The maximum absolute atomic E-state index is 11.7. The number of hydrogen-bond acceptors (Lipinski definition) is 5. The van der Waals surface area contributed by atoms with Crippen molar-refractivity contribution in [3.8, 4) is 0 Å². The van der Waals surface area contributed by atoms with Gasteiger partial charge in [-0.2, -0.15) is 0 Å². The Morgan fingerprint density at radius 3 is 2.50 bits per heavy atom. The first-order valence-corrected chi connectivity index (χ1v) is 5.53. The fourth-order valence-electron chi connectivity index (χ4n) is 1.05. The van der Waals surface area contributed by atoms with Gasteiger partial charge in [0.2, 0.25) is 0 Å². The number of hydrogen-bond donors (Lipinski definition) is 2. The Kier molecular flexibility index (Phi) is 3.94. The van der Waals surface area contributed by atoms with Crippen LogP contribution in [0.1, 0.15) is 29.2 Å². The molecule has 0 aromatic carbocycles. The van der Waals surface area contributed by atoms with Crippen molar-refractivity contribution in [1.29, 1.82) is 0 Å². The van der Waals surface area contributed by atoms with Crippen LogP contribution in [0, 0.1) is 12.8 Å². The van der Waals surface area contributed by atoms with Gasteiger partial charge >= 0.3 is 5.97 Å². The van der Waals surface area contributed by atoms with Gasteiger partial charge in [-0.1, -0.05) is 4.49 Å². The van der Waals surface area contributed by atoms with Crippen molar-refractivity contribution in [2.24, 2.45) is 5.92 Å². The second-order valence-corrected chi connectivity index (χ2v) is 4.33. The van der Waals surface area contributed by atoms with E-state index in [9.17, 15) is 9.59 Å². The number of carboxylic acid groups (broad SMARTS) is 1. The third kappa shape index (κ3) is 2.75. The topological polar surface area (TPSA) is 92.2 Å². The highest BCUT2D eigenvalue weighted by Crippen LogP contribution is 2.10. The lowest BCUT2D eigenvalue weighted by Crippen LogP contribution is -2.39. The Morgan fingerprint density at radius 1 is 1.44 bits per heavy atom. The Hall–Kier alpha value is -1.50. The van der Waals surface area contributed by atoms with Crippen LogP contribution in [0.5, 0.6) is 0 Å². The first-order chi connectivity index (χ1) is 7.43. The van der Waals surface area contributed by atoms with Crippen LogP contribution in [-0.4, -0.2) is 32.6 Å². The minimum Gasteiger partial charge on any atom is -0.481 e. The van der Waals surface area contributed by atoms with Gasteiger partial charge in [0.05, 0.1) is 11.6 Å². The summed E-state index contributed by atoms with van der Waals surface area (Å²) in [7, 11) is 0. The lowest BCUT2D eigenvalue weighted by Gasteiger charge is -2.16. The van der Waals surface area contributed by atoms with E-state index in [4.69, 9.17) is 5.11 Å². The second kappa shape index (κ2) is 5.02. The first kappa shape index (κ1) is 12.6. The zero-order chi connectivity index (χ0) is 12.3. The number of carboxylic acids is 1. The smallest absolute Gasteiger partial charge is 0.308 e. The van der Waals surface area contributed by atoms with E-state index in [1.54, 1.807) is 20.8 Å². The van der Waals surface area contributed by atoms with Gasteiger partial charge in [-0.3, -0.25) is 9.59 Å². The summed E-state index contributed by atoms with van der Waals surface area (Å²) in [6, 6.07) is -0.438. The van der Waals surface area contributed by atoms with E-state index in [1.165, 1.54) is 0 Å². The van der Waals surface area contributed by atoms with Gasteiger partial charge in [-0.05, 0) is 32.3 Å². The van der Waals surface area contributed by atoms with Gasteiger partial charge in [-0.15, -0.1) is 5.10 Å². The molecule has 0 aliphatic rings. The lowest BCUT2D eigenvalue weighted by molar-refractivity contribution is -0.141. The normalized spacial score (nSPS) is 14.2. The van der Waals surface area contributed by atoms with Crippen molar-refractivity contribution in [3.05, 3.63) is 10.6 Å². The first-order valence-electron chi connectivity index (χ1n) is 4.76. The molecule has 0 radical (unpaired) electrons. The van der Waals surface area contributed by atoms with E-state index < -0.39 is 17.9 Å². The highest BCUT2D eigenvalue weighted by Gasteiger charge is 2.23. The third-order valence-corrected chi connectivity index (χ3v) is 3.18. The van der Waals surface area contributed by atoms with Crippen LogP contribution < -0.4 is 5.32 Å². The SMILES string of the molecule is Cc1nnsc1C(=O)NC(C)C(C)C(=O)O. The fourth-order valence-corrected chi connectivity index (χ4v) is 1.61. The number of aryl methyl sites for hydroxylation is 1. The van der Waals surface area contributed by atoms with Crippen molar-refractivity contribution in [2.75, 3.05) is 0 Å². The molecule has 0 spiro atoms. The Balaban J connectivity index is 2.65. The van der Waals surface area contributed by atoms with Gasteiger partial charge in [-0.25, -0.2) is 0 Å². The molecular weight excluding hydrogens is 230 g/mol. The number of aromatic nitrogens is 2. The molecule has 0 saturated heterocycles. The minimum absolute atomic E-state index is 0.326. The maximum Gasteiger partial charge on any atom is 0.308 e. The molecule has 1 amide bonds. The predicted octanol–water partition coefficient (Wildman–Crippen LogP) is 0.686. The highest BCUT2D eigenvalue weighted by atomic mass is 32.1. The fraction of sp³-hybridized carbons (Fsp3) is 0.556. The number of rotatable bonds is 4. The summed E-state index contributed by atoms with van der Waals surface area (Å²) in [5.74, 6) is -1.90. The average Bonchev–Trinajstić information content (AvgIpc) is 2.62. The lowest BCUT2D eigenvalue weighted by atomic mass is 10.0. The Morgan fingerprint density at radius 2 is 2.06 bits per heavy atom. The van der Waals surface area contributed by atoms with Crippen LogP contribution in [-0.2, 0) is 4.79 Å². The van der Waals surface area contributed by atoms with E-state index in [-0.39, 0.29) is 5.91 Å². The van der Waals surface area contributed by atoms with Crippen molar-refractivity contribution >= 4 is 23.4 Å². The van der Waals surface area contributed by atoms with Gasteiger partial charge in [0, 0.05) is 6.04 Å². The maximum atomic E-state index is 11.7. The largest absolute Gasteiger partial charge is 0.481 e. The summed E-state index contributed by atoms with van der Waals surface area (Å²) in [6.45, 7) is 4.88. The molecule has 88 valence electrons. The second-order valence-electron chi connectivity index (χ2n) is 3.58. The third-order valence-electron chi connectivity index (χ3n) is 2.36. The van der Waals surface area contributed by atoms with E-state index in [0.717, 1.165) is 11.5 Å². The van der Waals surface area contributed by atoms with Gasteiger partial charge in [0.1, 0.15) is 4.88 Å². The zero-order valence-electron chi connectivity index (χ0n) is 9.22. The molecule has 1 aromatic heterocycles. The van der Waals surface area contributed by atoms with E-state index in [1.807, 2.05) is 0 Å². The standard InChI is InChI=1S/C9H13N3O3S/c1-4(9(14)15)5(2)10-8(13)7-6(3)11-12-16-7/h4-5H,1-3H3,(H,10,13)(H,14,15). The molecular formula is C9H13N3O3S. The molecule has 1 rings (SSSR count). The Labute approximate surface area is 96.8 Å². The van der Waals surface area contributed by atoms with Crippen molar-refractivity contribution in [3.63, 3.8) is 0 Å². The molecule has 2 unspecified atom stereocenters. The van der Waals surface area contributed by atoms with Crippen molar-refractivity contribution in [1.82, 2.24) is 14.9 Å². The number of nitrogens with zero attached hydrogens (tertiary/aromatic N) is 2. The molecule has 0 bridgehead atoms. The van der Waals surface area contributed by atoms with E-state index in [2.05, 4.69) is 14.9 Å². The summed E-state index contributed by atoms with van der Waals surface area (Å²) in [4.78, 5) is 22.8. The molecule has 0 saturated carbocycles. The molecule has 7 heteroatoms. The van der Waals surface area contributed by atoms with Gasteiger partial charge < -0.3 is 10.4 Å². The average molecular weight is 243 g/mol. The summed E-state index contributed by atoms with van der Waals surface area (Å²) in [6.07, 6.45) is 0. The number of nitrogens with one attached hydrogen (secondary N) is 1. The van der Waals surface area contributed by atoms with Crippen LogP contribution in [0.25, 0.3) is 0 Å². The van der Waals surface area contributed by atoms with Gasteiger partial charge in [0.25, 0.3) is 5.91 Å². The quantitative estimate of drug-likeness (QED) is 0.811. The van der Waals surface area contributed by atoms with Crippen LogP contribution in [0.4, 0.5) is 0 Å². The number of carbonyl (C=O) groups is 2. The summed E-state index contributed by atoms with van der Waals surface area (Å²) in [5.41, 5.74) is 0.553. The monoisotopic (exact) mass is 243 g/mol. The highest BCUT2D eigenvalue weighted by molar-refractivity contribution is 7.08. The summed E-state index contributed by atoms with van der Waals surface area (Å²) < 4.78 is 3.64. The number of aliphatic carboxylic acids is 1. The van der Waals surface area contributed by atoms with Crippen molar-refractivity contribution < 1.29 is 14.7 Å². The molecule has 0 aliphatic heterocycles. The number of amides is 1. The molecule has 6 nitrogen and oxygen atoms in total. The molecule has 16 heavy (non-hydrogen) atoms. The summed E-state index contributed by atoms with van der Waals surface area (Å²) in [5, 5.41) is 15.1. The molecule has 1 heterocycles.